The summed E-state index contributed by atoms with van der Waals surface area (Å²) in [6.45, 7) is 3.45. The Bertz CT molecular complexity index is 1070. The van der Waals surface area contributed by atoms with Gasteiger partial charge in [0.25, 0.3) is 5.91 Å². The highest BCUT2D eigenvalue weighted by Crippen LogP contribution is 2.38. The van der Waals surface area contributed by atoms with E-state index >= 15 is 0 Å². The van der Waals surface area contributed by atoms with Gasteiger partial charge in [0.05, 0.1) is 21.0 Å². The van der Waals surface area contributed by atoms with Crippen LogP contribution in [0.4, 0.5) is 5.69 Å². The molecule has 0 aliphatic heterocycles. The molecule has 1 aliphatic rings. The van der Waals surface area contributed by atoms with Crippen LogP contribution in [0.2, 0.25) is 10.0 Å². The van der Waals surface area contributed by atoms with Gasteiger partial charge in [0.15, 0.2) is 11.8 Å². The van der Waals surface area contributed by atoms with E-state index < -0.39 is 28.2 Å². The van der Waals surface area contributed by atoms with Crippen molar-refractivity contribution < 1.29 is 19.5 Å². The van der Waals surface area contributed by atoms with E-state index in [1.807, 2.05) is 0 Å². The van der Waals surface area contributed by atoms with E-state index in [4.69, 9.17) is 23.2 Å². The summed E-state index contributed by atoms with van der Waals surface area (Å²) in [5.41, 5.74) is 1.07. The number of carbonyl (C=O) groups excluding carboxylic acids is 2. The van der Waals surface area contributed by atoms with Crippen LogP contribution in [0.5, 0.6) is 0 Å². The number of pyridine rings is 1. The number of aliphatic imine (C=N–C) groups is 1. The van der Waals surface area contributed by atoms with Gasteiger partial charge in [-0.25, -0.2) is 4.79 Å². The van der Waals surface area contributed by atoms with Crippen LogP contribution < -0.4 is 5.32 Å². The molecule has 3 rings (SSSR count). The Hall–Kier alpha value is -2.29. The third-order valence-corrected chi connectivity index (χ3v) is 6.45. The quantitative estimate of drug-likeness (QED) is 0.540. The monoisotopic (exact) mass is 525 g/mol. The topological polar surface area (TPSA) is 109 Å². The minimum atomic E-state index is -1.08. The minimum absolute atomic E-state index is 0.0233. The maximum atomic E-state index is 12.5. The molecule has 1 fully saturated rings. The number of benzene rings is 1. The lowest BCUT2D eigenvalue weighted by Gasteiger charge is -2.40. The fourth-order valence-electron chi connectivity index (χ4n) is 3.16. The summed E-state index contributed by atoms with van der Waals surface area (Å²) >= 11 is 15.3. The molecule has 1 unspecified atom stereocenters. The molecule has 31 heavy (non-hydrogen) atoms. The van der Waals surface area contributed by atoms with Gasteiger partial charge >= 0.3 is 5.97 Å². The van der Waals surface area contributed by atoms with Gasteiger partial charge in [-0.1, -0.05) is 51.3 Å². The molecule has 1 aromatic carbocycles. The number of carbonyl (C=O) groups is 3. The van der Waals surface area contributed by atoms with Crippen LogP contribution in [-0.2, 0) is 16.0 Å². The highest BCUT2D eigenvalue weighted by Gasteiger charge is 2.52. The first kappa shape index (κ1) is 23.4. The van der Waals surface area contributed by atoms with E-state index in [2.05, 4.69) is 31.2 Å². The lowest BCUT2D eigenvalue weighted by atomic mass is 9.68. The summed E-state index contributed by atoms with van der Waals surface area (Å²) in [7, 11) is 0. The van der Waals surface area contributed by atoms with Gasteiger partial charge in [-0.05, 0) is 31.5 Å². The molecule has 0 saturated heterocycles. The molecule has 2 N–H and O–H groups in total. The smallest absolute Gasteiger partial charge is 0.328 e. The van der Waals surface area contributed by atoms with Crippen molar-refractivity contribution in [2.24, 2.45) is 10.4 Å². The zero-order valence-corrected chi connectivity index (χ0v) is 19.6. The third-order valence-electron chi connectivity index (χ3n) is 5.03. The number of aliphatic carboxylic acids is 1. The lowest BCUT2D eigenvalue weighted by Crippen LogP contribution is -2.57. The largest absolute Gasteiger partial charge is 0.480 e. The van der Waals surface area contributed by atoms with Gasteiger partial charge < -0.3 is 10.4 Å². The van der Waals surface area contributed by atoms with Gasteiger partial charge in [0.2, 0.25) is 0 Å². The predicted octanol–water partition coefficient (Wildman–Crippen LogP) is 4.45. The second kappa shape index (κ2) is 9.06. The second-order valence-corrected chi connectivity index (χ2v) is 9.28. The first-order valence-electron chi connectivity index (χ1n) is 9.21. The average molecular weight is 527 g/mol. The van der Waals surface area contributed by atoms with Crippen LogP contribution in [0.25, 0.3) is 0 Å². The molecule has 0 spiro atoms. The second-order valence-electron chi connectivity index (χ2n) is 7.55. The van der Waals surface area contributed by atoms with Crippen LogP contribution in [0.3, 0.4) is 0 Å². The maximum absolute atomic E-state index is 12.5. The number of aromatic nitrogens is 1. The zero-order chi connectivity index (χ0) is 22.9. The minimum Gasteiger partial charge on any atom is -0.480 e. The number of nitrogens with zero attached hydrogens (tertiary/aromatic N) is 2. The van der Waals surface area contributed by atoms with Gasteiger partial charge in [0, 0.05) is 30.2 Å². The van der Waals surface area contributed by atoms with Crippen molar-refractivity contribution in [3.8, 4) is 0 Å². The van der Waals surface area contributed by atoms with Crippen molar-refractivity contribution in [3.63, 3.8) is 0 Å². The Morgan fingerprint density at radius 1 is 1.23 bits per heavy atom. The number of anilines is 1. The number of hydrogen-bond acceptors (Lipinski definition) is 5. The molecule has 1 aliphatic carbocycles. The summed E-state index contributed by atoms with van der Waals surface area (Å²) in [5.74, 6) is -1.59. The first-order chi connectivity index (χ1) is 14.5. The van der Waals surface area contributed by atoms with Gasteiger partial charge in [-0.15, -0.1) is 0 Å². The van der Waals surface area contributed by atoms with E-state index in [-0.39, 0.29) is 27.8 Å². The highest BCUT2D eigenvalue weighted by molar-refractivity contribution is 9.10. The molecule has 10 heteroatoms. The Labute approximate surface area is 197 Å². The molecule has 2 atom stereocenters. The number of ketones is 1. The Kier molecular flexibility index (Phi) is 6.83. The van der Waals surface area contributed by atoms with E-state index in [0.717, 1.165) is 0 Å². The number of amides is 1. The fourth-order valence-corrected chi connectivity index (χ4v) is 4.96. The number of rotatable bonds is 6. The van der Waals surface area contributed by atoms with Crippen molar-refractivity contribution >= 4 is 68.2 Å². The highest BCUT2D eigenvalue weighted by atomic mass is 79.9. The molecule has 2 aromatic rings. The average Bonchev–Trinajstić information content (AvgIpc) is 2.71. The predicted molar refractivity (Wildman–Crippen MR) is 123 cm³/mol. The van der Waals surface area contributed by atoms with Gasteiger partial charge in [0.1, 0.15) is 4.83 Å². The Morgan fingerprint density at radius 3 is 2.32 bits per heavy atom. The number of hydrogen-bond donors (Lipinski definition) is 2. The van der Waals surface area contributed by atoms with Crippen LogP contribution >= 0.6 is 39.1 Å². The molecule has 1 aromatic heterocycles. The molecule has 7 nitrogen and oxygen atoms in total. The normalized spacial score (nSPS) is 19.6. The SMILES string of the molecule is CC1(C)C(=O)C(Br)C1=N[C@@H](Cc1ccc(NC(=O)c2c(Cl)cncc2Cl)cc1)C(=O)O. The van der Waals surface area contributed by atoms with Crippen molar-refractivity contribution in [2.75, 3.05) is 5.32 Å². The number of carboxylic acids is 1. The summed E-state index contributed by atoms with van der Waals surface area (Å²) in [4.78, 5) is 43.7. The van der Waals surface area contributed by atoms with Gasteiger partial charge in [-0.2, -0.15) is 0 Å². The van der Waals surface area contributed by atoms with Crippen LogP contribution in [0, 0.1) is 5.41 Å². The Morgan fingerprint density at radius 2 is 1.81 bits per heavy atom. The maximum Gasteiger partial charge on any atom is 0.328 e. The van der Waals surface area contributed by atoms with Gasteiger partial charge in [-0.3, -0.25) is 19.6 Å². The molecule has 1 heterocycles. The summed E-state index contributed by atoms with van der Waals surface area (Å²) in [6.07, 6.45) is 2.79. The van der Waals surface area contributed by atoms with Crippen LogP contribution in [0.15, 0.2) is 41.7 Å². The molecular weight excluding hydrogens is 509 g/mol. The first-order valence-corrected chi connectivity index (χ1v) is 10.9. The summed E-state index contributed by atoms with van der Waals surface area (Å²) in [5, 5.41) is 12.5. The van der Waals surface area contributed by atoms with Crippen molar-refractivity contribution in [1.29, 1.82) is 0 Å². The zero-order valence-electron chi connectivity index (χ0n) is 16.5. The summed E-state index contributed by atoms with van der Waals surface area (Å²) in [6, 6.07) is 5.66. The van der Waals surface area contributed by atoms with E-state index in [1.165, 1.54) is 12.4 Å². The molecule has 0 bridgehead atoms. The number of carboxylic acid groups (broad SMARTS) is 1. The Balaban J connectivity index is 1.73. The number of Topliss-reactive ketones (excluding diaryl/α,β-unsaturated/α-hetero) is 1. The van der Waals surface area contributed by atoms with E-state index in [9.17, 15) is 19.5 Å². The van der Waals surface area contributed by atoms with E-state index in [1.54, 1.807) is 38.1 Å². The van der Waals surface area contributed by atoms with Crippen molar-refractivity contribution in [1.82, 2.24) is 4.98 Å². The number of halogens is 3. The number of alkyl halides is 1. The third kappa shape index (κ3) is 4.81. The summed E-state index contributed by atoms with van der Waals surface area (Å²) < 4.78 is 0. The molecule has 1 amide bonds. The van der Waals surface area contributed by atoms with E-state index in [0.29, 0.717) is 17.0 Å². The lowest BCUT2D eigenvalue weighted by molar-refractivity contribution is -0.138. The van der Waals surface area contributed by atoms with Crippen LogP contribution in [-0.4, -0.2) is 44.3 Å². The molecule has 1 saturated carbocycles. The van der Waals surface area contributed by atoms with Crippen molar-refractivity contribution in [2.45, 2.75) is 31.1 Å². The van der Waals surface area contributed by atoms with Crippen molar-refractivity contribution in [3.05, 3.63) is 57.8 Å². The van der Waals surface area contributed by atoms with Crippen LogP contribution in [0.1, 0.15) is 29.8 Å². The molecular formula is C21H18BrCl2N3O4. The fraction of sp³-hybridized carbons (Fsp3) is 0.286. The molecule has 162 valence electrons. The number of nitrogens with one attached hydrogen (secondary N) is 1. The molecule has 0 radical (unpaired) electrons. The standard InChI is InChI=1S/C21H18BrCl2N3O4/c1-21(2)17(16(22)18(21)28)27-14(20(30)31)7-10-3-5-11(6-4-10)26-19(29)15-12(23)8-25-9-13(15)24/h3-6,8-9,14,16H,7H2,1-2H3,(H,26,29)(H,30,31)/t14-,16?/m0/s1.